The first-order valence-electron chi connectivity index (χ1n) is 6.89. The Morgan fingerprint density at radius 2 is 2.20 bits per heavy atom. The van der Waals surface area contributed by atoms with Crippen molar-refractivity contribution in [1.29, 1.82) is 0 Å². The minimum atomic E-state index is -0.303. The normalized spacial score (nSPS) is 17.8. The van der Waals surface area contributed by atoms with Gasteiger partial charge in [0.2, 0.25) is 0 Å². The second-order valence-corrected chi connectivity index (χ2v) is 5.39. The number of hydrogen-bond acceptors (Lipinski definition) is 3. The molecule has 1 N–H and O–H groups in total. The molecule has 1 aliphatic rings. The van der Waals surface area contributed by atoms with E-state index in [1.165, 1.54) is 6.92 Å². The summed E-state index contributed by atoms with van der Waals surface area (Å²) >= 11 is 0. The van der Waals surface area contributed by atoms with Crippen molar-refractivity contribution >= 4 is 16.9 Å². The second-order valence-electron chi connectivity index (χ2n) is 5.39. The van der Waals surface area contributed by atoms with Gasteiger partial charge in [-0.1, -0.05) is 11.6 Å². The molecule has 3 rings (SSSR count). The van der Waals surface area contributed by atoms with Crippen LogP contribution in [-0.2, 0) is 16.0 Å². The Morgan fingerprint density at radius 3 is 2.95 bits per heavy atom. The molecule has 1 aliphatic carbocycles. The predicted octanol–water partition coefficient (Wildman–Crippen LogP) is 2.78. The minimum absolute atomic E-state index is 0.0618. The van der Waals surface area contributed by atoms with Crippen molar-refractivity contribution in [2.24, 2.45) is 0 Å². The molecule has 1 heterocycles. The van der Waals surface area contributed by atoms with Gasteiger partial charge in [-0.15, -0.1) is 0 Å². The third-order valence-electron chi connectivity index (χ3n) is 3.84. The Kier molecular flexibility index (Phi) is 3.08. The van der Waals surface area contributed by atoms with E-state index in [9.17, 15) is 9.59 Å². The molecule has 4 nitrogen and oxygen atoms in total. The van der Waals surface area contributed by atoms with Crippen molar-refractivity contribution in [2.45, 2.75) is 39.2 Å². The van der Waals surface area contributed by atoms with Crippen molar-refractivity contribution in [1.82, 2.24) is 4.98 Å². The number of fused-ring (bicyclic) bond motifs is 3. The van der Waals surface area contributed by atoms with E-state index >= 15 is 0 Å². The third-order valence-corrected chi connectivity index (χ3v) is 3.84. The van der Waals surface area contributed by atoms with Crippen LogP contribution < -0.4 is 5.56 Å². The first kappa shape index (κ1) is 12.9. The molecule has 0 spiro atoms. The Labute approximate surface area is 116 Å². The number of aryl methyl sites for hydroxylation is 1. The number of H-pyrrole nitrogens is 1. The zero-order valence-corrected chi connectivity index (χ0v) is 11.7. The van der Waals surface area contributed by atoms with Crippen molar-refractivity contribution in [2.75, 3.05) is 0 Å². The number of hydrogen-bond donors (Lipinski definition) is 1. The Hall–Kier alpha value is -2.10. The summed E-state index contributed by atoms with van der Waals surface area (Å²) in [6, 6.07) is 5.92. The summed E-state index contributed by atoms with van der Waals surface area (Å²) < 4.78 is 5.43. The summed E-state index contributed by atoms with van der Waals surface area (Å²) in [6.45, 7) is 3.43. The van der Waals surface area contributed by atoms with E-state index < -0.39 is 0 Å². The number of carbonyl (C=O) groups is 1. The Balaban J connectivity index is 2.30. The summed E-state index contributed by atoms with van der Waals surface area (Å²) in [4.78, 5) is 26.4. The van der Waals surface area contributed by atoms with E-state index in [-0.39, 0.29) is 17.6 Å². The summed E-state index contributed by atoms with van der Waals surface area (Å²) in [5, 5.41) is 0.991. The molecule has 0 fully saturated rings. The summed E-state index contributed by atoms with van der Waals surface area (Å²) in [5.41, 5.74) is 3.53. The van der Waals surface area contributed by atoms with Gasteiger partial charge in [-0.2, -0.15) is 0 Å². The van der Waals surface area contributed by atoms with Crippen molar-refractivity contribution < 1.29 is 9.53 Å². The highest BCUT2D eigenvalue weighted by Gasteiger charge is 2.27. The molecule has 0 amide bonds. The number of carbonyl (C=O) groups excluding carboxylic acids is 1. The van der Waals surface area contributed by atoms with E-state index in [1.807, 2.05) is 25.1 Å². The predicted molar refractivity (Wildman–Crippen MR) is 76.8 cm³/mol. The lowest BCUT2D eigenvalue weighted by molar-refractivity contribution is -0.147. The first-order valence-corrected chi connectivity index (χ1v) is 6.89. The van der Waals surface area contributed by atoms with Gasteiger partial charge in [0.1, 0.15) is 6.10 Å². The molecule has 1 aromatic heterocycles. The maximum absolute atomic E-state index is 12.2. The molecule has 0 bridgehead atoms. The Bertz CT molecular complexity index is 745. The highest BCUT2D eigenvalue weighted by Crippen LogP contribution is 2.35. The average Bonchev–Trinajstić information content (AvgIpc) is 2.39. The molecule has 0 saturated carbocycles. The topological polar surface area (TPSA) is 59.2 Å². The average molecular weight is 271 g/mol. The van der Waals surface area contributed by atoms with Gasteiger partial charge in [0.25, 0.3) is 5.56 Å². The van der Waals surface area contributed by atoms with Gasteiger partial charge < -0.3 is 9.72 Å². The fourth-order valence-corrected chi connectivity index (χ4v) is 3.02. The fourth-order valence-electron chi connectivity index (χ4n) is 3.02. The molecule has 0 radical (unpaired) electrons. The van der Waals surface area contributed by atoms with Crippen LogP contribution in [0, 0.1) is 6.92 Å². The van der Waals surface area contributed by atoms with E-state index in [0.717, 1.165) is 46.9 Å². The van der Waals surface area contributed by atoms with Gasteiger partial charge in [0.05, 0.1) is 0 Å². The Morgan fingerprint density at radius 1 is 1.40 bits per heavy atom. The number of rotatable bonds is 1. The number of benzene rings is 1. The third kappa shape index (κ3) is 2.11. The molecule has 20 heavy (non-hydrogen) atoms. The number of ether oxygens (including phenoxy) is 1. The second kappa shape index (κ2) is 4.78. The van der Waals surface area contributed by atoms with E-state index in [0.29, 0.717) is 0 Å². The van der Waals surface area contributed by atoms with Crippen LogP contribution in [0.15, 0.2) is 23.0 Å². The van der Waals surface area contributed by atoms with Crippen LogP contribution in [-0.4, -0.2) is 11.0 Å². The standard InChI is InChI=1S/C16H17NO3/c1-9-6-7-13-12(8-9)15-11(16(19)17-13)4-3-5-14(15)20-10(2)18/h6-8,14H,3-5H2,1-2H3,(H,17,19). The first-order chi connectivity index (χ1) is 9.56. The lowest BCUT2D eigenvalue weighted by Crippen LogP contribution is -2.24. The minimum Gasteiger partial charge on any atom is -0.458 e. The molecule has 1 atom stereocenters. The molecule has 1 unspecified atom stereocenters. The van der Waals surface area contributed by atoms with E-state index in [2.05, 4.69) is 4.98 Å². The summed E-state index contributed by atoms with van der Waals surface area (Å²) in [7, 11) is 0. The van der Waals surface area contributed by atoms with Gasteiger partial charge in [-0.3, -0.25) is 9.59 Å². The number of nitrogens with one attached hydrogen (secondary N) is 1. The SMILES string of the molecule is CC(=O)OC1CCCc2c1c1cc(C)ccc1[nH]c2=O. The van der Waals surface area contributed by atoms with Crippen LogP contribution in [0.3, 0.4) is 0 Å². The van der Waals surface area contributed by atoms with Gasteiger partial charge in [0, 0.05) is 29.0 Å². The summed E-state index contributed by atoms with van der Waals surface area (Å²) in [6.07, 6.45) is 2.08. The maximum atomic E-state index is 12.2. The highest BCUT2D eigenvalue weighted by molar-refractivity contribution is 5.84. The van der Waals surface area contributed by atoms with Crippen LogP contribution in [0.4, 0.5) is 0 Å². The van der Waals surface area contributed by atoms with Gasteiger partial charge in [-0.05, 0) is 38.3 Å². The monoisotopic (exact) mass is 271 g/mol. The number of pyridine rings is 1. The zero-order valence-electron chi connectivity index (χ0n) is 11.7. The van der Waals surface area contributed by atoms with Crippen molar-refractivity contribution in [3.8, 4) is 0 Å². The number of aromatic nitrogens is 1. The molecule has 1 aromatic carbocycles. The van der Waals surface area contributed by atoms with Gasteiger partial charge >= 0.3 is 5.97 Å². The van der Waals surface area contributed by atoms with Crippen LogP contribution >= 0.6 is 0 Å². The van der Waals surface area contributed by atoms with Crippen molar-refractivity contribution in [3.05, 3.63) is 45.2 Å². The van der Waals surface area contributed by atoms with E-state index in [1.54, 1.807) is 0 Å². The maximum Gasteiger partial charge on any atom is 0.303 e. The smallest absolute Gasteiger partial charge is 0.303 e. The number of esters is 1. The quantitative estimate of drug-likeness (QED) is 0.811. The van der Waals surface area contributed by atoms with Crippen LogP contribution in [0.25, 0.3) is 10.9 Å². The van der Waals surface area contributed by atoms with Crippen LogP contribution in [0.5, 0.6) is 0 Å². The summed E-state index contributed by atoms with van der Waals surface area (Å²) in [5.74, 6) is -0.302. The van der Waals surface area contributed by atoms with Crippen LogP contribution in [0.2, 0.25) is 0 Å². The molecular formula is C16H17NO3. The lowest BCUT2D eigenvalue weighted by Gasteiger charge is -2.26. The number of aromatic amines is 1. The van der Waals surface area contributed by atoms with E-state index in [4.69, 9.17) is 4.74 Å². The largest absolute Gasteiger partial charge is 0.458 e. The molecule has 2 aromatic rings. The molecule has 0 saturated heterocycles. The van der Waals surface area contributed by atoms with Gasteiger partial charge in [0.15, 0.2) is 0 Å². The highest BCUT2D eigenvalue weighted by atomic mass is 16.5. The molecular weight excluding hydrogens is 254 g/mol. The molecule has 104 valence electrons. The van der Waals surface area contributed by atoms with Gasteiger partial charge in [-0.25, -0.2) is 0 Å². The van der Waals surface area contributed by atoms with Crippen LogP contribution in [0.1, 0.15) is 42.6 Å². The zero-order chi connectivity index (χ0) is 14.3. The molecule has 0 aliphatic heterocycles. The fraction of sp³-hybridized carbons (Fsp3) is 0.375. The lowest BCUT2D eigenvalue weighted by atomic mass is 9.87. The molecule has 4 heteroatoms. The van der Waals surface area contributed by atoms with Crippen molar-refractivity contribution in [3.63, 3.8) is 0 Å².